The molecule has 1 heterocycles. The van der Waals surface area contributed by atoms with Crippen LogP contribution >= 0.6 is 0 Å². The van der Waals surface area contributed by atoms with Gasteiger partial charge in [-0.15, -0.1) is 10.2 Å². The Balaban J connectivity index is 2.36. The van der Waals surface area contributed by atoms with E-state index in [0.717, 1.165) is 5.56 Å². The van der Waals surface area contributed by atoms with E-state index in [1.54, 1.807) is 0 Å². The number of hydrogen-bond donors (Lipinski definition) is 1. The zero-order valence-corrected chi connectivity index (χ0v) is 6.84. The summed E-state index contributed by atoms with van der Waals surface area (Å²) in [6, 6.07) is 9.42. The van der Waals surface area contributed by atoms with Gasteiger partial charge in [0.05, 0.1) is 0 Å². The number of hydrogen-bond acceptors (Lipinski definition) is 4. The Bertz CT molecular complexity index is 384. The van der Waals surface area contributed by atoms with E-state index in [2.05, 4.69) is 10.2 Å². The van der Waals surface area contributed by atoms with Gasteiger partial charge in [-0.25, -0.2) is 0 Å². The molecule has 0 saturated heterocycles. The lowest BCUT2D eigenvalue weighted by molar-refractivity contribution is 0.241. The Hall–Kier alpha value is -1.68. The Morgan fingerprint density at radius 2 is 1.92 bits per heavy atom. The van der Waals surface area contributed by atoms with E-state index < -0.39 is 0 Å². The van der Waals surface area contributed by atoms with Crippen molar-refractivity contribution in [2.24, 2.45) is 0 Å². The zero-order chi connectivity index (χ0) is 9.10. The first-order valence-corrected chi connectivity index (χ1v) is 3.89. The average Bonchev–Trinajstić information content (AvgIpc) is 2.67. The van der Waals surface area contributed by atoms with Crippen molar-refractivity contribution >= 4 is 0 Å². The first-order chi connectivity index (χ1) is 6.40. The minimum Gasteiger partial charge on any atom is -0.418 e. The molecule has 4 heteroatoms. The fraction of sp³-hybridized carbons (Fsp3) is 0.111. The van der Waals surface area contributed by atoms with Crippen LogP contribution in [0, 0.1) is 0 Å². The number of rotatable bonds is 2. The SMILES string of the molecule is OCc1nnc(-c2ccccc2)o1. The third-order valence-electron chi connectivity index (χ3n) is 1.62. The van der Waals surface area contributed by atoms with Crippen LogP contribution in [0.5, 0.6) is 0 Å². The van der Waals surface area contributed by atoms with Crippen molar-refractivity contribution < 1.29 is 9.52 Å². The lowest BCUT2D eigenvalue weighted by Gasteiger charge is -1.90. The van der Waals surface area contributed by atoms with Crippen molar-refractivity contribution in [3.8, 4) is 11.5 Å². The summed E-state index contributed by atoms with van der Waals surface area (Å²) in [5.41, 5.74) is 0.856. The third-order valence-corrected chi connectivity index (χ3v) is 1.62. The fourth-order valence-electron chi connectivity index (χ4n) is 1.01. The summed E-state index contributed by atoms with van der Waals surface area (Å²) >= 11 is 0. The van der Waals surface area contributed by atoms with Crippen molar-refractivity contribution in [3.05, 3.63) is 36.2 Å². The summed E-state index contributed by atoms with van der Waals surface area (Å²) in [5, 5.41) is 16.1. The molecule has 1 aromatic heterocycles. The van der Waals surface area contributed by atoms with Crippen molar-refractivity contribution in [1.82, 2.24) is 10.2 Å². The van der Waals surface area contributed by atoms with Crippen LogP contribution in [0.2, 0.25) is 0 Å². The van der Waals surface area contributed by atoms with Crippen LogP contribution in [-0.4, -0.2) is 15.3 Å². The van der Waals surface area contributed by atoms with Crippen LogP contribution in [0.3, 0.4) is 0 Å². The van der Waals surface area contributed by atoms with Crippen molar-refractivity contribution in [2.45, 2.75) is 6.61 Å². The summed E-state index contributed by atoms with van der Waals surface area (Å²) in [6.07, 6.45) is 0. The first kappa shape index (κ1) is 7.94. The van der Waals surface area contributed by atoms with E-state index in [9.17, 15) is 0 Å². The molecule has 0 aliphatic rings. The molecule has 2 rings (SSSR count). The molecule has 0 atom stereocenters. The molecule has 66 valence electrons. The Kier molecular flexibility index (Phi) is 2.06. The second-order valence-electron chi connectivity index (χ2n) is 2.53. The van der Waals surface area contributed by atoms with Crippen LogP contribution in [0.4, 0.5) is 0 Å². The quantitative estimate of drug-likeness (QED) is 0.747. The summed E-state index contributed by atoms with van der Waals surface area (Å²) in [4.78, 5) is 0. The monoisotopic (exact) mass is 176 g/mol. The van der Waals surface area contributed by atoms with Crippen LogP contribution in [0.15, 0.2) is 34.7 Å². The van der Waals surface area contributed by atoms with Crippen molar-refractivity contribution in [2.75, 3.05) is 0 Å². The number of benzene rings is 1. The van der Waals surface area contributed by atoms with Gasteiger partial charge in [0.25, 0.3) is 0 Å². The number of aliphatic hydroxyl groups excluding tert-OH is 1. The van der Waals surface area contributed by atoms with Crippen LogP contribution in [-0.2, 0) is 6.61 Å². The van der Waals surface area contributed by atoms with Gasteiger partial charge in [0.2, 0.25) is 11.8 Å². The van der Waals surface area contributed by atoms with Crippen molar-refractivity contribution in [1.29, 1.82) is 0 Å². The lowest BCUT2D eigenvalue weighted by Crippen LogP contribution is -1.79. The molecular weight excluding hydrogens is 168 g/mol. The van der Waals surface area contributed by atoms with Gasteiger partial charge >= 0.3 is 0 Å². The smallest absolute Gasteiger partial charge is 0.247 e. The van der Waals surface area contributed by atoms with Gasteiger partial charge in [0.1, 0.15) is 6.61 Å². The highest BCUT2D eigenvalue weighted by Gasteiger charge is 2.05. The van der Waals surface area contributed by atoms with E-state index in [0.29, 0.717) is 5.89 Å². The predicted octanol–water partition coefficient (Wildman–Crippen LogP) is 1.23. The van der Waals surface area contributed by atoms with E-state index in [1.807, 2.05) is 30.3 Å². The summed E-state index contributed by atoms with van der Waals surface area (Å²) in [7, 11) is 0. The maximum absolute atomic E-state index is 8.70. The standard InChI is InChI=1S/C9H8N2O2/c12-6-8-10-11-9(13-8)7-4-2-1-3-5-7/h1-5,12H,6H2. The molecule has 0 radical (unpaired) electrons. The van der Waals surface area contributed by atoms with Crippen LogP contribution in [0.1, 0.15) is 5.89 Å². The molecule has 0 fully saturated rings. The van der Waals surface area contributed by atoms with E-state index >= 15 is 0 Å². The van der Waals surface area contributed by atoms with Gasteiger partial charge in [0.15, 0.2) is 0 Å². The van der Waals surface area contributed by atoms with Crippen LogP contribution in [0.25, 0.3) is 11.5 Å². The maximum Gasteiger partial charge on any atom is 0.247 e. The van der Waals surface area contributed by atoms with Gasteiger partial charge in [-0.1, -0.05) is 18.2 Å². The minimum atomic E-state index is -0.222. The Morgan fingerprint density at radius 1 is 1.15 bits per heavy atom. The molecular formula is C9H8N2O2. The molecule has 0 amide bonds. The molecule has 0 aliphatic heterocycles. The fourth-order valence-corrected chi connectivity index (χ4v) is 1.01. The van der Waals surface area contributed by atoms with Crippen molar-refractivity contribution in [3.63, 3.8) is 0 Å². The highest BCUT2D eigenvalue weighted by Crippen LogP contribution is 2.16. The lowest BCUT2D eigenvalue weighted by atomic mass is 10.2. The molecule has 0 spiro atoms. The molecule has 1 aromatic carbocycles. The Labute approximate surface area is 74.8 Å². The average molecular weight is 176 g/mol. The minimum absolute atomic E-state index is 0.222. The molecule has 0 saturated carbocycles. The predicted molar refractivity (Wildman–Crippen MR) is 45.7 cm³/mol. The van der Waals surface area contributed by atoms with Gasteiger partial charge in [-0.2, -0.15) is 0 Å². The zero-order valence-electron chi connectivity index (χ0n) is 6.84. The molecule has 2 aromatic rings. The van der Waals surface area contributed by atoms with Gasteiger partial charge < -0.3 is 9.52 Å². The second kappa shape index (κ2) is 3.37. The largest absolute Gasteiger partial charge is 0.418 e. The molecule has 0 aliphatic carbocycles. The number of nitrogens with zero attached hydrogens (tertiary/aromatic N) is 2. The van der Waals surface area contributed by atoms with Gasteiger partial charge in [-0.05, 0) is 12.1 Å². The second-order valence-corrected chi connectivity index (χ2v) is 2.53. The molecule has 13 heavy (non-hydrogen) atoms. The molecule has 0 unspecified atom stereocenters. The summed E-state index contributed by atoms with van der Waals surface area (Å²) < 4.78 is 5.15. The highest BCUT2D eigenvalue weighted by molar-refractivity contribution is 5.51. The van der Waals surface area contributed by atoms with E-state index in [-0.39, 0.29) is 12.5 Å². The van der Waals surface area contributed by atoms with Gasteiger partial charge in [-0.3, -0.25) is 0 Å². The summed E-state index contributed by atoms with van der Waals surface area (Å²) in [5.74, 6) is 0.670. The maximum atomic E-state index is 8.70. The first-order valence-electron chi connectivity index (χ1n) is 3.89. The van der Waals surface area contributed by atoms with E-state index in [1.165, 1.54) is 0 Å². The Morgan fingerprint density at radius 3 is 2.54 bits per heavy atom. The van der Waals surface area contributed by atoms with Gasteiger partial charge in [0, 0.05) is 5.56 Å². The van der Waals surface area contributed by atoms with Crippen LogP contribution < -0.4 is 0 Å². The highest BCUT2D eigenvalue weighted by atomic mass is 16.4. The molecule has 1 N–H and O–H groups in total. The normalized spacial score (nSPS) is 10.2. The number of aliphatic hydroxyl groups is 1. The van der Waals surface area contributed by atoms with E-state index in [4.69, 9.17) is 9.52 Å². The molecule has 0 bridgehead atoms. The topological polar surface area (TPSA) is 59.2 Å². The third kappa shape index (κ3) is 1.57. The summed E-state index contributed by atoms with van der Waals surface area (Å²) in [6.45, 7) is -0.222. The molecule has 4 nitrogen and oxygen atoms in total. The number of aromatic nitrogens is 2.